The van der Waals surface area contributed by atoms with Gasteiger partial charge >= 0.3 is 0 Å². The van der Waals surface area contributed by atoms with Crippen molar-refractivity contribution < 1.29 is 9.32 Å². The van der Waals surface area contributed by atoms with Crippen molar-refractivity contribution in [1.29, 1.82) is 0 Å². The predicted molar refractivity (Wildman–Crippen MR) is 74.3 cm³/mol. The van der Waals surface area contributed by atoms with Gasteiger partial charge in [0.25, 0.3) is 0 Å². The molecule has 2 aromatic heterocycles. The summed E-state index contributed by atoms with van der Waals surface area (Å²) in [7, 11) is 0. The lowest BCUT2D eigenvalue weighted by molar-refractivity contribution is -0.115. The van der Waals surface area contributed by atoms with Crippen molar-refractivity contribution in [3.8, 4) is 0 Å². The maximum Gasteiger partial charge on any atom is 0.239 e. The van der Waals surface area contributed by atoms with Crippen LogP contribution in [0.4, 0.5) is 5.82 Å². The first kappa shape index (κ1) is 14.3. The molecule has 0 fully saturated rings. The van der Waals surface area contributed by atoms with E-state index in [0.29, 0.717) is 11.6 Å². The highest BCUT2D eigenvalue weighted by atomic mass is 16.5. The van der Waals surface area contributed by atoms with E-state index in [9.17, 15) is 4.79 Å². The molecule has 0 aliphatic heterocycles. The number of anilines is 1. The summed E-state index contributed by atoms with van der Waals surface area (Å²) < 4.78 is 6.74. The average molecular weight is 277 g/mol. The summed E-state index contributed by atoms with van der Waals surface area (Å²) in [5.41, 5.74) is 0. The molecule has 20 heavy (non-hydrogen) atoms. The molecule has 0 aliphatic carbocycles. The SMILES string of the molecule is Cc1cc(NC(=O)CN[C@H](C)[C@@H](C)n2cccn2)no1. The fourth-order valence-electron chi connectivity index (χ4n) is 1.79. The maximum atomic E-state index is 11.8. The van der Waals surface area contributed by atoms with Crippen LogP contribution < -0.4 is 10.6 Å². The molecule has 0 aliphatic rings. The highest BCUT2D eigenvalue weighted by molar-refractivity contribution is 5.91. The predicted octanol–water partition coefficient (Wildman–Crippen LogP) is 1.36. The molecule has 0 spiro atoms. The van der Waals surface area contributed by atoms with E-state index in [1.165, 1.54) is 0 Å². The van der Waals surface area contributed by atoms with Crippen LogP contribution in [0.25, 0.3) is 0 Å². The van der Waals surface area contributed by atoms with E-state index in [2.05, 4.69) is 20.9 Å². The minimum absolute atomic E-state index is 0.111. The Kier molecular flexibility index (Phi) is 4.52. The Labute approximate surface area is 117 Å². The van der Waals surface area contributed by atoms with Crippen molar-refractivity contribution in [2.75, 3.05) is 11.9 Å². The van der Waals surface area contributed by atoms with E-state index in [1.807, 2.05) is 30.8 Å². The summed E-state index contributed by atoms with van der Waals surface area (Å²) in [6.45, 7) is 6.04. The number of hydrogen-bond acceptors (Lipinski definition) is 5. The van der Waals surface area contributed by atoms with Crippen LogP contribution in [0.2, 0.25) is 0 Å². The van der Waals surface area contributed by atoms with Crippen molar-refractivity contribution in [2.45, 2.75) is 32.9 Å². The van der Waals surface area contributed by atoms with Gasteiger partial charge in [-0.25, -0.2) is 0 Å². The molecule has 2 atom stereocenters. The van der Waals surface area contributed by atoms with Gasteiger partial charge in [0.1, 0.15) is 5.76 Å². The maximum absolute atomic E-state index is 11.8. The number of nitrogens with one attached hydrogen (secondary N) is 2. The first-order chi connectivity index (χ1) is 9.56. The summed E-state index contributed by atoms with van der Waals surface area (Å²) in [4.78, 5) is 11.8. The number of carbonyl (C=O) groups excluding carboxylic acids is 1. The van der Waals surface area contributed by atoms with Crippen LogP contribution in [0, 0.1) is 6.92 Å². The van der Waals surface area contributed by atoms with E-state index in [1.54, 1.807) is 19.2 Å². The molecule has 1 amide bonds. The fraction of sp³-hybridized carbons (Fsp3) is 0.462. The van der Waals surface area contributed by atoms with Crippen molar-refractivity contribution in [1.82, 2.24) is 20.3 Å². The van der Waals surface area contributed by atoms with Gasteiger partial charge in [0.2, 0.25) is 5.91 Å². The van der Waals surface area contributed by atoms with Crippen LogP contribution >= 0.6 is 0 Å². The van der Waals surface area contributed by atoms with E-state index in [-0.39, 0.29) is 24.5 Å². The molecule has 2 aromatic rings. The molecular formula is C13H19N5O2. The lowest BCUT2D eigenvalue weighted by Gasteiger charge is -2.21. The lowest BCUT2D eigenvalue weighted by Crippen LogP contribution is -2.39. The molecule has 2 heterocycles. The molecular weight excluding hydrogens is 258 g/mol. The number of carbonyl (C=O) groups is 1. The zero-order chi connectivity index (χ0) is 14.5. The number of nitrogens with zero attached hydrogens (tertiary/aromatic N) is 3. The van der Waals surface area contributed by atoms with Gasteiger partial charge in [-0.1, -0.05) is 5.16 Å². The normalized spacial score (nSPS) is 13.9. The third kappa shape index (κ3) is 3.67. The van der Waals surface area contributed by atoms with Crippen LogP contribution in [-0.4, -0.2) is 33.4 Å². The Hall–Kier alpha value is -2.15. The molecule has 0 saturated heterocycles. The summed E-state index contributed by atoms with van der Waals surface area (Å²) in [6, 6.07) is 3.82. The van der Waals surface area contributed by atoms with Gasteiger partial charge in [0.05, 0.1) is 12.6 Å². The minimum atomic E-state index is -0.155. The fourth-order valence-corrected chi connectivity index (χ4v) is 1.79. The van der Waals surface area contributed by atoms with E-state index >= 15 is 0 Å². The van der Waals surface area contributed by atoms with E-state index in [4.69, 9.17) is 4.52 Å². The van der Waals surface area contributed by atoms with Crippen molar-refractivity contribution in [2.24, 2.45) is 0 Å². The molecule has 7 heteroatoms. The second kappa shape index (κ2) is 6.33. The summed E-state index contributed by atoms with van der Waals surface area (Å²) in [5.74, 6) is 0.939. The van der Waals surface area contributed by atoms with E-state index in [0.717, 1.165) is 0 Å². The second-order valence-electron chi connectivity index (χ2n) is 4.77. The summed E-state index contributed by atoms with van der Waals surface area (Å²) in [6.07, 6.45) is 3.64. The van der Waals surface area contributed by atoms with Gasteiger partial charge < -0.3 is 15.2 Å². The molecule has 108 valence electrons. The number of aryl methyl sites for hydroxylation is 1. The molecule has 2 N–H and O–H groups in total. The first-order valence-corrected chi connectivity index (χ1v) is 6.52. The van der Waals surface area contributed by atoms with Gasteiger partial charge in [-0.15, -0.1) is 0 Å². The molecule has 0 saturated carbocycles. The minimum Gasteiger partial charge on any atom is -0.360 e. The molecule has 7 nitrogen and oxygen atoms in total. The van der Waals surface area contributed by atoms with Gasteiger partial charge in [-0.05, 0) is 26.8 Å². The Morgan fingerprint density at radius 2 is 2.30 bits per heavy atom. The summed E-state index contributed by atoms with van der Waals surface area (Å²) in [5, 5.41) is 13.7. The lowest BCUT2D eigenvalue weighted by atomic mass is 10.2. The highest BCUT2D eigenvalue weighted by Crippen LogP contribution is 2.09. The Bertz CT molecular complexity index is 549. The number of aromatic nitrogens is 3. The van der Waals surface area contributed by atoms with Gasteiger partial charge in [0, 0.05) is 24.5 Å². The highest BCUT2D eigenvalue weighted by Gasteiger charge is 2.15. The van der Waals surface area contributed by atoms with Crippen LogP contribution in [0.3, 0.4) is 0 Å². The van der Waals surface area contributed by atoms with Crippen molar-refractivity contribution in [3.05, 3.63) is 30.3 Å². The quantitative estimate of drug-likeness (QED) is 0.832. The van der Waals surface area contributed by atoms with Gasteiger partial charge in [-0.3, -0.25) is 9.48 Å². The number of hydrogen-bond donors (Lipinski definition) is 2. The largest absolute Gasteiger partial charge is 0.360 e. The topological polar surface area (TPSA) is 85.0 Å². The molecule has 2 rings (SSSR count). The van der Waals surface area contributed by atoms with Crippen LogP contribution in [0.15, 0.2) is 29.0 Å². The van der Waals surface area contributed by atoms with Crippen LogP contribution in [-0.2, 0) is 4.79 Å². The molecule has 0 aromatic carbocycles. The average Bonchev–Trinajstić information content (AvgIpc) is 3.07. The number of amides is 1. The third-order valence-corrected chi connectivity index (χ3v) is 3.15. The van der Waals surface area contributed by atoms with Crippen molar-refractivity contribution >= 4 is 11.7 Å². The monoisotopic (exact) mass is 277 g/mol. The zero-order valence-electron chi connectivity index (χ0n) is 11.8. The Morgan fingerprint density at radius 3 is 2.90 bits per heavy atom. The molecule has 0 bridgehead atoms. The zero-order valence-corrected chi connectivity index (χ0v) is 11.8. The van der Waals surface area contributed by atoms with Crippen LogP contribution in [0.5, 0.6) is 0 Å². The first-order valence-electron chi connectivity index (χ1n) is 6.52. The second-order valence-corrected chi connectivity index (χ2v) is 4.77. The molecule has 0 unspecified atom stereocenters. The van der Waals surface area contributed by atoms with Crippen molar-refractivity contribution in [3.63, 3.8) is 0 Å². The standard InChI is InChI=1S/C13H19N5O2/c1-9-7-12(17-20-9)16-13(19)8-14-10(2)11(3)18-6-4-5-15-18/h4-7,10-11,14H,8H2,1-3H3,(H,16,17,19)/t10-,11-/m1/s1. The third-order valence-electron chi connectivity index (χ3n) is 3.15. The van der Waals surface area contributed by atoms with E-state index < -0.39 is 0 Å². The number of rotatable bonds is 6. The Balaban J connectivity index is 1.78. The summed E-state index contributed by atoms with van der Waals surface area (Å²) >= 11 is 0. The van der Waals surface area contributed by atoms with Gasteiger partial charge in [0.15, 0.2) is 5.82 Å². The van der Waals surface area contributed by atoms with Crippen LogP contribution in [0.1, 0.15) is 25.6 Å². The van der Waals surface area contributed by atoms with Gasteiger partial charge in [-0.2, -0.15) is 5.10 Å². The molecule has 0 radical (unpaired) electrons. The smallest absolute Gasteiger partial charge is 0.239 e. The Morgan fingerprint density at radius 1 is 1.50 bits per heavy atom.